The first-order valence-corrected chi connectivity index (χ1v) is 12.9. The number of carboxylic acids is 1. The molecular weight excluding hydrogens is 486 g/mol. The monoisotopic (exact) mass is 521 g/mol. The number of aryl methyl sites for hydroxylation is 1. The molecule has 1 amide bonds. The molecule has 0 saturated carbocycles. The number of quaternary nitrogens is 1. The van der Waals surface area contributed by atoms with Gasteiger partial charge in [0.1, 0.15) is 10.9 Å². The molecule has 1 aliphatic heterocycles. The fourth-order valence-electron chi connectivity index (χ4n) is 4.28. The Labute approximate surface area is 210 Å². The molecule has 12 nitrogen and oxygen atoms in total. The Balaban J connectivity index is 0.00000456. The van der Waals surface area contributed by atoms with Gasteiger partial charge in [-0.15, -0.1) is 0 Å². The van der Waals surface area contributed by atoms with Gasteiger partial charge in [0.15, 0.2) is 5.96 Å². The summed E-state index contributed by atoms with van der Waals surface area (Å²) < 4.78 is 29.3. The number of para-hydroxylation sites is 1. The van der Waals surface area contributed by atoms with Gasteiger partial charge in [-0.2, -0.15) is 4.72 Å². The van der Waals surface area contributed by atoms with Crippen LogP contribution in [-0.4, -0.2) is 61.3 Å². The lowest BCUT2D eigenvalue weighted by atomic mass is 9.91. The molecule has 1 fully saturated rings. The summed E-state index contributed by atoms with van der Waals surface area (Å²) in [6, 6.07) is 4.25. The number of fused-ring (bicyclic) bond motifs is 1. The van der Waals surface area contributed by atoms with E-state index in [1.54, 1.807) is 18.3 Å². The molecule has 2 aromatic rings. The van der Waals surface area contributed by atoms with Crippen LogP contribution >= 0.6 is 0 Å². The molecule has 3 atom stereocenters. The lowest BCUT2D eigenvalue weighted by Gasteiger charge is -2.40. The number of aliphatic carboxylic acids is 1. The van der Waals surface area contributed by atoms with E-state index in [4.69, 9.17) is 11.5 Å². The molecule has 9 N–H and O–H groups in total. The minimum atomic E-state index is -4.19. The fourth-order valence-corrected chi connectivity index (χ4v) is 5.68. The summed E-state index contributed by atoms with van der Waals surface area (Å²) in [5.41, 5.74) is 11.9. The molecule has 0 spiro atoms. The molecule has 1 aliphatic rings. The van der Waals surface area contributed by atoms with Gasteiger partial charge >= 0.3 is 0 Å². The third-order valence-corrected chi connectivity index (χ3v) is 7.56. The van der Waals surface area contributed by atoms with Crippen LogP contribution < -0.4 is 27.4 Å². The molecule has 36 heavy (non-hydrogen) atoms. The fraction of sp³-hybridized carbons (Fsp3) is 0.478. The standard InChI is InChI=1S/C23H32N6O5S.H3N/c1-14-8-10-29(18(12-14)22(31)32)21(30)17(6-4-9-26-23(24)25)28-35(33,34)19-7-3-5-16-11-15(2)13-27-20(16)19;/h3,5,7,11,13-14,17-18,28H,4,6,8-10,12H2,1-2H3,(H,31,32)(H4,24,25,26);1H3/t14-,17+,18-;/m1./s1. The highest BCUT2D eigenvalue weighted by atomic mass is 32.2. The Bertz CT molecular complexity index is 1230. The van der Waals surface area contributed by atoms with Gasteiger partial charge in [-0.1, -0.05) is 19.1 Å². The van der Waals surface area contributed by atoms with Crippen molar-refractivity contribution in [2.45, 2.75) is 56.5 Å². The second-order valence-corrected chi connectivity index (χ2v) is 10.6. The predicted molar refractivity (Wildman–Crippen MR) is 135 cm³/mol. The number of amides is 1. The molecule has 0 unspecified atom stereocenters. The van der Waals surface area contributed by atoms with E-state index in [0.717, 1.165) is 5.56 Å². The van der Waals surface area contributed by atoms with Crippen molar-refractivity contribution in [3.8, 4) is 0 Å². The number of nitrogens with two attached hydrogens (primary N) is 2. The number of benzene rings is 1. The number of guanidine groups is 1. The maximum atomic E-state index is 13.5. The number of sulfonamides is 1. The normalized spacial score (nSPS) is 18.8. The number of carboxylic acid groups (broad SMARTS) is 1. The zero-order valence-electron chi connectivity index (χ0n) is 20.8. The number of hydrogen-bond donors (Lipinski definition) is 4. The molecule has 198 valence electrons. The van der Waals surface area contributed by atoms with Crippen LogP contribution in [0.25, 0.3) is 10.9 Å². The first kappa shape index (κ1) is 28.9. The van der Waals surface area contributed by atoms with Crippen LogP contribution in [0, 0.1) is 12.8 Å². The zero-order chi connectivity index (χ0) is 25.8. The Morgan fingerprint density at radius 1 is 1.33 bits per heavy atom. The maximum Gasteiger partial charge on any atom is 0.243 e. The lowest BCUT2D eigenvalue weighted by Crippen LogP contribution is -2.59. The largest absolute Gasteiger partial charge is 0.548 e. The molecule has 13 heteroatoms. The summed E-state index contributed by atoms with van der Waals surface area (Å²) in [5.74, 6) is -2.00. The average molecular weight is 522 g/mol. The van der Waals surface area contributed by atoms with E-state index >= 15 is 0 Å². The summed E-state index contributed by atoms with van der Waals surface area (Å²) in [6.45, 7) is 4.14. The van der Waals surface area contributed by atoms with Crippen LogP contribution in [0.1, 0.15) is 38.2 Å². The molecule has 3 rings (SSSR count). The smallest absolute Gasteiger partial charge is 0.243 e. The Kier molecular flexibility index (Phi) is 9.73. The third kappa shape index (κ3) is 6.89. The van der Waals surface area contributed by atoms with Crippen molar-refractivity contribution in [2.75, 3.05) is 13.1 Å². The van der Waals surface area contributed by atoms with Crippen LogP contribution in [0.15, 0.2) is 40.4 Å². The van der Waals surface area contributed by atoms with Gasteiger partial charge in [-0.3, -0.25) is 14.8 Å². The number of carbonyl (C=O) groups is 2. The molecule has 1 saturated heterocycles. The number of pyridine rings is 1. The summed E-state index contributed by atoms with van der Waals surface area (Å²) in [4.78, 5) is 34.5. The predicted octanol–water partition coefficient (Wildman–Crippen LogP) is -0.00308. The number of rotatable bonds is 9. The van der Waals surface area contributed by atoms with E-state index in [2.05, 4.69) is 14.7 Å². The van der Waals surface area contributed by atoms with Gasteiger partial charge < -0.3 is 32.4 Å². The third-order valence-electron chi connectivity index (χ3n) is 6.06. The van der Waals surface area contributed by atoms with Gasteiger partial charge in [0, 0.05) is 24.7 Å². The summed E-state index contributed by atoms with van der Waals surface area (Å²) in [7, 11) is -4.19. The minimum Gasteiger partial charge on any atom is -0.548 e. The van der Waals surface area contributed by atoms with Crippen molar-refractivity contribution in [3.05, 3.63) is 36.0 Å². The first-order chi connectivity index (χ1) is 16.5. The molecule has 0 aliphatic carbocycles. The van der Waals surface area contributed by atoms with E-state index < -0.39 is 34.0 Å². The minimum absolute atomic E-state index is 0. The second-order valence-electron chi connectivity index (χ2n) is 8.96. The number of aromatic nitrogens is 1. The number of carbonyl (C=O) groups excluding carboxylic acids is 2. The van der Waals surface area contributed by atoms with Crippen molar-refractivity contribution in [1.82, 2.24) is 20.8 Å². The van der Waals surface area contributed by atoms with Crippen LogP contribution in [-0.2, 0) is 19.6 Å². The highest BCUT2D eigenvalue weighted by Crippen LogP contribution is 2.25. The van der Waals surface area contributed by atoms with Crippen molar-refractivity contribution >= 4 is 38.8 Å². The van der Waals surface area contributed by atoms with Gasteiger partial charge in [0.25, 0.3) is 0 Å². The number of hydrogen-bond acceptors (Lipinski definition) is 7. The number of piperidine rings is 1. The second kappa shape index (κ2) is 12.1. The van der Waals surface area contributed by atoms with E-state index in [1.807, 2.05) is 19.9 Å². The molecule has 2 heterocycles. The number of nitrogens with one attached hydrogen (secondary N) is 1. The molecule has 1 aromatic carbocycles. The highest BCUT2D eigenvalue weighted by molar-refractivity contribution is 7.89. The van der Waals surface area contributed by atoms with Crippen LogP contribution in [0.5, 0.6) is 0 Å². The summed E-state index contributed by atoms with van der Waals surface area (Å²) >= 11 is 0. The molecule has 0 radical (unpaired) electrons. The van der Waals surface area contributed by atoms with Crippen molar-refractivity contribution in [3.63, 3.8) is 0 Å². The summed E-state index contributed by atoms with van der Waals surface area (Å²) in [5, 5.41) is 12.4. The molecule has 0 bridgehead atoms. The van der Waals surface area contributed by atoms with Gasteiger partial charge in [-0.05, 0) is 56.2 Å². The topological polar surface area (TPSA) is 220 Å². The molecule has 1 aromatic heterocycles. The Morgan fingerprint density at radius 3 is 2.72 bits per heavy atom. The number of aliphatic imine (C=N–C) groups is 1. The SMILES string of the molecule is Cc1cnc2c(S(=O)(=O)N[C@@H](CCCN=C(N)N)C(=O)N3CC[C@@H](C)C[C@@H]3C(=O)[O-])cccc2c1.[NH4+]. The van der Waals surface area contributed by atoms with Crippen LogP contribution in [0.4, 0.5) is 0 Å². The maximum absolute atomic E-state index is 13.5. The quantitative estimate of drug-likeness (QED) is 0.199. The highest BCUT2D eigenvalue weighted by Gasteiger charge is 2.36. The Morgan fingerprint density at radius 2 is 2.06 bits per heavy atom. The molecular formula is C23H35N7O5S. The lowest BCUT2D eigenvalue weighted by molar-refractivity contribution is -0.312. The number of likely N-dealkylation sites (tertiary alicyclic amines) is 1. The van der Waals surface area contributed by atoms with Crippen molar-refractivity contribution in [2.24, 2.45) is 22.4 Å². The van der Waals surface area contributed by atoms with Gasteiger partial charge in [-0.25, -0.2) is 8.42 Å². The van der Waals surface area contributed by atoms with Gasteiger partial charge in [0.2, 0.25) is 15.9 Å². The van der Waals surface area contributed by atoms with Gasteiger partial charge in [0.05, 0.1) is 17.5 Å². The van der Waals surface area contributed by atoms with Crippen LogP contribution in [0.2, 0.25) is 0 Å². The van der Waals surface area contributed by atoms with Crippen LogP contribution in [0.3, 0.4) is 0 Å². The van der Waals surface area contributed by atoms with E-state index in [1.165, 1.54) is 11.0 Å². The van der Waals surface area contributed by atoms with E-state index in [0.29, 0.717) is 18.2 Å². The zero-order valence-corrected chi connectivity index (χ0v) is 21.6. The van der Waals surface area contributed by atoms with Crippen molar-refractivity contribution in [1.29, 1.82) is 0 Å². The number of nitrogens with zero attached hydrogens (tertiary/aromatic N) is 3. The first-order valence-electron chi connectivity index (χ1n) is 11.4. The van der Waals surface area contributed by atoms with E-state index in [9.17, 15) is 23.1 Å². The van der Waals surface area contributed by atoms with E-state index in [-0.39, 0.29) is 54.4 Å². The average Bonchev–Trinajstić information content (AvgIpc) is 2.79. The summed E-state index contributed by atoms with van der Waals surface area (Å²) in [6.07, 6.45) is 2.78. The van der Waals surface area contributed by atoms with Crippen molar-refractivity contribution < 1.29 is 23.1 Å². The Hall–Kier alpha value is -3.29.